The van der Waals surface area contributed by atoms with Gasteiger partial charge in [0.25, 0.3) is 0 Å². The van der Waals surface area contributed by atoms with Crippen LogP contribution in [0.4, 0.5) is 0 Å². The number of benzene rings is 1. The summed E-state index contributed by atoms with van der Waals surface area (Å²) in [6.07, 6.45) is 5.29. The second-order valence-electron chi connectivity index (χ2n) is 6.18. The first-order valence-electron chi connectivity index (χ1n) is 8.25. The minimum Gasteiger partial charge on any atom is -0.493 e. The first-order chi connectivity index (χ1) is 10.7. The third kappa shape index (κ3) is 5.18. The van der Waals surface area contributed by atoms with E-state index in [4.69, 9.17) is 14.2 Å². The highest BCUT2D eigenvalue weighted by Crippen LogP contribution is 2.28. The zero-order chi connectivity index (χ0) is 15.8. The SMILES string of the molecule is COCCOc1ccc(CNC2CCCC(C)C2)cc1OC. The summed E-state index contributed by atoms with van der Waals surface area (Å²) in [5.74, 6) is 2.40. The summed E-state index contributed by atoms with van der Waals surface area (Å²) in [5.41, 5.74) is 1.23. The van der Waals surface area contributed by atoms with Crippen LogP contribution in [0.25, 0.3) is 0 Å². The number of hydrogen-bond acceptors (Lipinski definition) is 4. The van der Waals surface area contributed by atoms with Gasteiger partial charge >= 0.3 is 0 Å². The quantitative estimate of drug-likeness (QED) is 0.747. The molecule has 1 aromatic rings. The standard InChI is InChI=1S/C18H29NO3/c1-14-5-4-6-16(11-14)19-13-15-7-8-17(18(12-15)21-3)22-10-9-20-2/h7-8,12,14,16,19H,4-6,9-11,13H2,1-3H3. The predicted molar refractivity (Wildman–Crippen MR) is 88.6 cm³/mol. The van der Waals surface area contributed by atoms with Crippen molar-refractivity contribution in [1.29, 1.82) is 0 Å². The molecule has 0 bridgehead atoms. The Morgan fingerprint density at radius 3 is 2.73 bits per heavy atom. The Morgan fingerprint density at radius 2 is 2.00 bits per heavy atom. The van der Waals surface area contributed by atoms with Crippen molar-refractivity contribution < 1.29 is 14.2 Å². The van der Waals surface area contributed by atoms with E-state index in [1.165, 1.54) is 31.2 Å². The van der Waals surface area contributed by atoms with Gasteiger partial charge in [-0.25, -0.2) is 0 Å². The van der Waals surface area contributed by atoms with Crippen molar-refractivity contribution in [2.24, 2.45) is 5.92 Å². The maximum atomic E-state index is 5.66. The van der Waals surface area contributed by atoms with E-state index in [-0.39, 0.29) is 0 Å². The number of rotatable bonds is 8. The first kappa shape index (κ1) is 17.1. The van der Waals surface area contributed by atoms with Gasteiger partial charge in [-0.15, -0.1) is 0 Å². The molecule has 0 spiro atoms. The molecule has 1 aliphatic carbocycles. The second-order valence-corrected chi connectivity index (χ2v) is 6.18. The smallest absolute Gasteiger partial charge is 0.161 e. The maximum absolute atomic E-state index is 5.66. The highest BCUT2D eigenvalue weighted by molar-refractivity contribution is 5.42. The summed E-state index contributed by atoms with van der Waals surface area (Å²) in [6.45, 7) is 4.34. The van der Waals surface area contributed by atoms with E-state index >= 15 is 0 Å². The molecule has 1 aromatic carbocycles. The van der Waals surface area contributed by atoms with Crippen LogP contribution in [0, 0.1) is 5.92 Å². The lowest BCUT2D eigenvalue weighted by Gasteiger charge is -2.27. The largest absolute Gasteiger partial charge is 0.493 e. The number of hydrogen-bond donors (Lipinski definition) is 1. The van der Waals surface area contributed by atoms with Gasteiger partial charge in [-0.05, 0) is 36.5 Å². The molecule has 0 radical (unpaired) electrons. The van der Waals surface area contributed by atoms with E-state index in [1.807, 2.05) is 6.07 Å². The lowest BCUT2D eigenvalue weighted by Crippen LogP contribution is -2.33. The minimum absolute atomic E-state index is 0.532. The van der Waals surface area contributed by atoms with Gasteiger partial charge in [-0.3, -0.25) is 0 Å². The van der Waals surface area contributed by atoms with Crippen molar-refractivity contribution in [3.8, 4) is 11.5 Å². The molecule has 2 rings (SSSR count). The summed E-state index contributed by atoms with van der Waals surface area (Å²) in [4.78, 5) is 0. The third-order valence-corrected chi connectivity index (χ3v) is 4.30. The molecule has 22 heavy (non-hydrogen) atoms. The molecule has 0 amide bonds. The summed E-state index contributed by atoms with van der Waals surface area (Å²) >= 11 is 0. The van der Waals surface area contributed by atoms with Crippen LogP contribution in [0.1, 0.15) is 38.2 Å². The van der Waals surface area contributed by atoms with Crippen molar-refractivity contribution in [3.63, 3.8) is 0 Å². The summed E-state index contributed by atoms with van der Waals surface area (Å²) in [6, 6.07) is 6.78. The predicted octanol–water partition coefficient (Wildman–Crippen LogP) is 3.39. The summed E-state index contributed by atoms with van der Waals surface area (Å²) < 4.78 is 16.1. The van der Waals surface area contributed by atoms with Crippen molar-refractivity contribution in [2.45, 2.75) is 45.2 Å². The van der Waals surface area contributed by atoms with Crippen LogP contribution >= 0.6 is 0 Å². The van der Waals surface area contributed by atoms with E-state index in [0.717, 1.165) is 24.0 Å². The summed E-state index contributed by atoms with van der Waals surface area (Å²) in [7, 11) is 3.35. The lowest BCUT2D eigenvalue weighted by molar-refractivity contribution is 0.144. The number of nitrogens with one attached hydrogen (secondary N) is 1. The van der Waals surface area contributed by atoms with Crippen LogP contribution in [0.15, 0.2) is 18.2 Å². The van der Waals surface area contributed by atoms with Gasteiger partial charge in [0.05, 0.1) is 13.7 Å². The van der Waals surface area contributed by atoms with Gasteiger partial charge in [0, 0.05) is 19.7 Å². The van der Waals surface area contributed by atoms with Crippen molar-refractivity contribution in [1.82, 2.24) is 5.32 Å². The van der Waals surface area contributed by atoms with Crippen LogP contribution in [0.5, 0.6) is 11.5 Å². The molecular weight excluding hydrogens is 278 g/mol. The van der Waals surface area contributed by atoms with Crippen LogP contribution in [0.3, 0.4) is 0 Å². The molecule has 2 atom stereocenters. The van der Waals surface area contributed by atoms with Crippen LogP contribution in [-0.2, 0) is 11.3 Å². The van der Waals surface area contributed by atoms with Gasteiger partial charge < -0.3 is 19.5 Å². The monoisotopic (exact) mass is 307 g/mol. The summed E-state index contributed by atoms with van der Waals surface area (Å²) in [5, 5.41) is 3.68. The molecule has 0 saturated heterocycles. The molecule has 2 unspecified atom stereocenters. The van der Waals surface area contributed by atoms with Gasteiger partial charge in [-0.2, -0.15) is 0 Å². The molecule has 4 nitrogen and oxygen atoms in total. The van der Waals surface area contributed by atoms with Gasteiger partial charge in [-0.1, -0.05) is 25.8 Å². The Balaban J connectivity index is 1.88. The van der Waals surface area contributed by atoms with E-state index in [0.29, 0.717) is 19.3 Å². The fourth-order valence-electron chi connectivity index (χ4n) is 3.06. The van der Waals surface area contributed by atoms with E-state index < -0.39 is 0 Å². The third-order valence-electron chi connectivity index (χ3n) is 4.30. The highest BCUT2D eigenvalue weighted by Gasteiger charge is 2.18. The Morgan fingerprint density at radius 1 is 1.14 bits per heavy atom. The molecule has 1 N–H and O–H groups in total. The molecule has 0 heterocycles. The second kappa shape index (κ2) is 9.01. The van der Waals surface area contributed by atoms with Crippen LogP contribution in [-0.4, -0.2) is 33.5 Å². The Labute approximate surface area is 134 Å². The molecule has 4 heteroatoms. The van der Waals surface area contributed by atoms with Crippen molar-refractivity contribution >= 4 is 0 Å². The van der Waals surface area contributed by atoms with Crippen molar-refractivity contribution in [3.05, 3.63) is 23.8 Å². The molecule has 0 aliphatic heterocycles. The first-order valence-corrected chi connectivity index (χ1v) is 8.25. The van der Waals surface area contributed by atoms with E-state index in [1.54, 1.807) is 14.2 Å². The molecule has 0 aromatic heterocycles. The average molecular weight is 307 g/mol. The average Bonchev–Trinajstić information content (AvgIpc) is 2.54. The molecule has 1 fully saturated rings. The molecule has 1 saturated carbocycles. The highest BCUT2D eigenvalue weighted by atomic mass is 16.5. The van der Waals surface area contributed by atoms with Crippen LogP contribution in [0.2, 0.25) is 0 Å². The van der Waals surface area contributed by atoms with E-state index in [9.17, 15) is 0 Å². The Kier molecular flexibility index (Phi) is 7.00. The van der Waals surface area contributed by atoms with E-state index in [2.05, 4.69) is 24.4 Å². The fraction of sp³-hybridized carbons (Fsp3) is 0.667. The molecule has 1 aliphatic rings. The molecule has 124 valence electrons. The Bertz CT molecular complexity index is 450. The normalized spacial score (nSPS) is 21.6. The fourth-order valence-corrected chi connectivity index (χ4v) is 3.06. The van der Waals surface area contributed by atoms with Gasteiger partial charge in [0.2, 0.25) is 0 Å². The minimum atomic E-state index is 0.532. The topological polar surface area (TPSA) is 39.7 Å². The van der Waals surface area contributed by atoms with Gasteiger partial charge in [0.15, 0.2) is 11.5 Å². The zero-order valence-corrected chi connectivity index (χ0v) is 14.1. The maximum Gasteiger partial charge on any atom is 0.161 e. The Hall–Kier alpha value is -1.26. The number of methoxy groups -OCH3 is 2. The zero-order valence-electron chi connectivity index (χ0n) is 14.1. The van der Waals surface area contributed by atoms with Crippen LogP contribution < -0.4 is 14.8 Å². The molecular formula is C18H29NO3. The lowest BCUT2D eigenvalue weighted by atomic mass is 9.87. The van der Waals surface area contributed by atoms with Crippen molar-refractivity contribution in [2.75, 3.05) is 27.4 Å². The number of ether oxygens (including phenoxy) is 3. The van der Waals surface area contributed by atoms with Gasteiger partial charge in [0.1, 0.15) is 6.61 Å².